The summed E-state index contributed by atoms with van der Waals surface area (Å²) in [4.78, 5) is 11.0. The monoisotopic (exact) mass is 256 g/mol. The maximum absolute atomic E-state index is 11.0. The van der Waals surface area contributed by atoms with Crippen LogP contribution in [0, 0.1) is 5.92 Å². The van der Waals surface area contributed by atoms with E-state index in [0.717, 1.165) is 32.3 Å². The van der Waals surface area contributed by atoms with Crippen LogP contribution in [0.25, 0.3) is 0 Å². The first kappa shape index (κ1) is 17.6. The molecule has 0 saturated heterocycles. The number of carbonyl (C=O) groups is 1. The van der Waals surface area contributed by atoms with Gasteiger partial charge in [-0.1, -0.05) is 39.5 Å². The average Bonchev–Trinajstić information content (AvgIpc) is 2.23. The third kappa shape index (κ3) is 10.8. The summed E-state index contributed by atoms with van der Waals surface area (Å²) in [6.45, 7) is 11.3. The van der Waals surface area contributed by atoms with Crippen LogP contribution in [0.3, 0.4) is 0 Å². The van der Waals surface area contributed by atoms with Crippen LogP contribution in [-0.4, -0.2) is 18.0 Å². The minimum absolute atomic E-state index is 0.0102. The predicted molar refractivity (Wildman–Crippen MR) is 77.9 cm³/mol. The van der Waals surface area contributed by atoms with Gasteiger partial charge < -0.3 is 9.53 Å². The van der Waals surface area contributed by atoms with Crippen molar-refractivity contribution >= 4 is 5.78 Å². The number of Topliss-reactive ketones (excluding diaryl/α,β-unsaturated/α-hetero) is 1. The molecule has 0 aliphatic heterocycles. The maximum atomic E-state index is 11.0. The molecule has 108 valence electrons. The van der Waals surface area contributed by atoms with Gasteiger partial charge in [-0.25, -0.2) is 0 Å². The van der Waals surface area contributed by atoms with Gasteiger partial charge in [0.15, 0.2) is 0 Å². The number of rotatable bonds is 11. The summed E-state index contributed by atoms with van der Waals surface area (Å²) in [6, 6.07) is 0. The molecule has 0 N–H and O–H groups in total. The van der Waals surface area contributed by atoms with E-state index in [0.29, 0.717) is 11.7 Å². The fourth-order valence-corrected chi connectivity index (χ4v) is 2.24. The Balaban J connectivity index is 3.65. The Morgan fingerprint density at radius 2 is 1.89 bits per heavy atom. The highest BCUT2D eigenvalue weighted by Gasteiger charge is 2.18. The van der Waals surface area contributed by atoms with Crippen molar-refractivity contribution < 1.29 is 9.53 Å². The van der Waals surface area contributed by atoms with Gasteiger partial charge in [-0.3, -0.25) is 0 Å². The Morgan fingerprint density at radius 3 is 2.44 bits per heavy atom. The third-order valence-corrected chi connectivity index (χ3v) is 3.35. The van der Waals surface area contributed by atoms with Crippen LogP contribution >= 0.6 is 0 Å². The molecule has 0 aliphatic rings. The number of unbranched alkanes of at least 4 members (excludes halogenated alkanes) is 2. The van der Waals surface area contributed by atoms with E-state index in [1.54, 1.807) is 6.92 Å². The van der Waals surface area contributed by atoms with Crippen molar-refractivity contribution in [2.24, 2.45) is 5.92 Å². The topological polar surface area (TPSA) is 26.3 Å². The van der Waals surface area contributed by atoms with Gasteiger partial charge in [-0.05, 0) is 39.5 Å². The van der Waals surface area contributed by atoms with Crippen LogP contribution in [0.4, 0.5) is 0 Å². The van der Waals surface area contributed by atoms with E-state index in [9.17, 15) is 4.79 Å². The van der Waals surface area contributed by atoms with Crippen molar-refractivity contribution in [1.82, 2.24) is 0 Å². The SMILES string of the molecule is CCCCCOC(C)(C)CCCC(C)CC(C)=O. The predicted octanol–water partition coefficient (Wildman–Crippen LogP) is 4.76. The first-order valence-corrected chi connectivity index (χ1v) is 7.50. The molecule has 2 heteroatoms. The third-order valence-electron chi connectivity index (χ3n) is 3.35. The highest BCUT2D eigenvalue weighted by atomic mass is 16.5. The molecular weight excluding hydrogens is 224 g/mol. The van der Waals surface area contributed by atoms with Crippen molar-refractivity contribution in [3.63, 3.8) is 0 Å². The van der Waals surface area contributed by atoms with E-state index in [2.05, 4.69) is 27.7 Å². The van der Waals surface area contributed by atoms with E-state index in [1.807, 2.05) is 0 Å². The zero-order chi connectivity index (χ0) is 14.0. The van der Waals surface area contributed by atoms with Gasteiger partial charge in [0.25, 0.3) is 0 Å². The molecule has 0 fully saturated rings. The summed E-state index contributed by atoms with van der Waals surface area (Å²) in [6.07, 6.45) is 7.74. The average molecular weight is 256 g/mol. The molecular formula is C16H32O2. The summed E-state index contributed by atoms with van der Waals surface area (Å²) in [5.41, 5.74) is -0.0102. The number of ketones is 1. The fourth-order valence-electron chi connectivity index (χ4n) is 2.24. The van der Waals surface area contributed by atoms with E-state index < -0.39 is 0 Å². The van der Waals surface area contributed by atoms with Crippen LogP contribution in [0.15, 0.2) is 0 Å². The van der Waals surface area contributed by atoms with Crippen LogP contribution in [0.2, 0.25) is 0 Å². The molecule has 0 spiro atoms. The van der Waals surface area contributed by atoms with E-state index in [1.165, 1.54) is 19.3 Å². The molecule has 0 aromatic heterocycles. The Labute approximate surface area is 113 Å². The minimum atomic E-state index is -0.0102. The normalized spacial score (nSPS) is 13.6. The summed E-state index contributed by atoms with van der Waals surface area (Å²) >= 11 is 0. The molecule has 0 bridgehead atoms. The fraction of sp³-hybridized carbons (Fsp3) is 0.938. The molecule has 0 heterocycles. The van der Waals surface area contributed by atoms with Gasteiger partial charge in [-0.15, -0.1) is 0 Å². The van der Waals surface area contributed by atoms with Crippen LogP contribution in [-0.2, 0) is 9.53 Å². The lowest BCUT2D eigenvalue weighted by molar-refractivity contribution is -0.117. The number of ether oxygens (including phenoxy) is 1. The lowest BCUT2D eigenvalue weighted by Gasteiger charge is -2.26. The van der Waals surface area contributed by atoms with Gasteiger partial charge in [0.2, 0.25) is 0 Å². The van der Waals surface area contributed by atoms with Gasteiger partial charge in [0, 0.05) is 13.0 Å². The molecule has 0 saturated carbocycles. The quantitative estimate of drug-likeness (QED) is 0.498. The van der Waals surface area contributed by atoms with Crippen LogP contribution < -0.4 is 0 Å². The Hall–Kier alpha value is -0.370. The highest BCUT2D eigenvalue weighted by Crippen LogP contribution is 2.21. The van der Waals surface area contributed by atoms with Crippen molar-refractivity contribution in [2.75, 3.05) is 6.61 Å². The van der Waals surface area contributed by atoms with Gasteiger partial charge >= 0.3 is 0 Å². The van der Waals surface area contributed by atoms with Crippen LogP contribution in [0.1, 0.15) is 79.6 Å². The summed E-state index contributed by atoms with van der Waals surface area (Å²) in [5.74, 6) is 0.816. The molecule has 2 nitrogen and oxygen atoms in total. The van der Waals surface area contributed by atoms with E-state index in [-0.39, 0.29) is 5.60 Å². The zero-order valence-corrected chi connectivity index (χ0v) is 13.1. The zero-order valence-electron chi connectivity index (χ0n) is 13.1. The van der Waals surface area contributed by atoms with Crippen molar-refractivity contribution in [1.29, 1.82) is 0 Å². The summed E-state index contributed by atoms with van der Waals surface area (Å²) in [7, 11) is 0. The standard InChI is InChI=1S/C16H32O2/c1-6-7-8-12-18-16(4,5)11-9-10-14(2)13-15(3)17/h14H,6-13H2,1-5H3. The molecule has 0 radical (unpaired) electrons. The second kappa shape index (κ2) is 9.55. The van der Waals surface area contributed by atoms with Crippen molar-refractivity contribution in [2.45, 2.75) is 85.2 Å². The Morgan fingerprint density at radius 1 is 1.22 bits per heavy atom. The molecule has 0 aromatic rings. The number of hydrogen-bond acceptors (Lipinski definition) is 2. The van der Waals surface area contributed by atoms with Gasteiger partial charge in [0.05, 0.1) is 5.60 Å². The Kier molecular flexibility index (Phi) is 9.35. The van der Waals surface area contributed by atoms with E-state index >= 15 is 0 Å². The second-order valence-corrected chi connectivity index (χ2v) is 6.22. The molecule has 0 aromatic carbocycles. The maximum Gasteiger partial charge on any atom is 0.130 e. The lowest BCUT2D eigenvalue weighted by Crippen LogP contribution is -2.25. The number of carbonyl (C=O) groups excluding carboxylic acids is 1. The van der Waals surface area contributed by atoms with Crippen LogP contribution in [0.5, 0.6) is 0 Å². The molecule has 1 atom stereocenters. The smallest absolute Gasteiger partial charge is 0.130 e. The first-order chi connectivity index (χ1) is 8.37. The molecule has 1 unspecified atom stereocenters. The van der Waals surface area contributed by atoms with Crippen molar-refractivity contribution in [3.05, 3.63) is 0 Å². The first-order valence-electron chi connectivity index (χ1n) is 7.50. The molecule has 0 aliphatic carbocycles. The molecule has 0 amide bonds. The summed E-state index contributed by atoms with van der Waals surface area (Å²) in [5, 5.41) is 0. The lowest BCUT2D eigenvalue weighted by atomic mass is 9.94. The second-order valence-electron chi connectivity index (χ2n) is 6.22. The molecule has 0 rings (SSSR count). The largest absolute Gasteiger partial charge is 0.376 e. The Bertz CT molecular complexity index is 221. The van der Waals surface area contributed by atoms with Gasteiger partial charge in [0.1, 0.15) is 5.78 Å². The minimum Gasteiger partial charge on any atom is -0.376 e. The van der Waals surface area contributed by atoms with Crippen molar-refractivity contribution in [3.8, 4) is 0 Å². The highest BCUT2D eigenvalue weighted by molar-refractivity contribution is 5.75. The number of hydrogen-bond donors (Lipinski definition) is 0. The van der Waals surface area contributed by atoms with Gasteiger partial charge in [-0.2, -0.15) is 0 Å². The van der Waals surface area contributed by atoms with E-state index in [4.69, 9.17) is 4.74 Å². The molecule has 18 heavy (non-hydrogen) atoms. The summed E-state index contributed by atoms with van der Waals surface area (Å²) < 4.78 is 5.93.